The number of rotatable bonds is 2. The monoisotopic (exact) mass is 232 g/mol. The summed E-state index contributed by atoms with van der Waals surface area (Å²) in [5.74, 6) is -0.465. The third-order valence-electron chi connectivity index (χ3n) is 2.45. The molecule has 0 aliphatic rings. The number of nitrogens with two attached hydrogens (primary N) is 2. The van der Waals surface area contributed by atoms with E-state index < -0.39 is 5.91 Å². The number of hydrogen-bond donors (Lipinski definition) is 2. The van der Waals surface area contributed by atoms with Crippen molar-refractivity contribution in [2.24, 2.45) is 5.73 Å². The molecular formula is C12H12N2OS. The molecule has 0 fully saturated rings. The molecule has 0 spiro atoms. The van der Waals surface area contributed by atoms with Crippen LogP contribution in [0.4, 0.5) is 5.69 Å². The Morgan fingerprint density at radius 2 is 1.88 bits per heavy atom. The molecule has 1 aromatic carbocycles. The fourth-order valence-corrected chi connectivity index (χ4v) is 2.66. The molecule has 4 heteroatoms. The largest absolute Gasteiger partial charge is 0.397 e. The number of hydrogen-bond acceptors (Lipinski definition) is 3. The second kappa shape index (κ2) is 3.98. The highest BCUT2D eigenvalue weighted by Gasteiger charge is 2.16. The minimum atomic E-state index is -0.465. The molecule has 1 heterocycles. The van der Waals surface area contributed by atoms with Crippen molar-refractivity contribution in [3.63, 3.8) is 0 Å². The molecule has 3 nitrogen and oxygen atoms in total. The Morgan fingerprint density at radius 3 is 2.38 bits per heavy atom. The van der Waals surface area contributed by atoms with Gasteiger partial charge in [0.15, 0.2) is 0 Å². The highest BCUT2D eigenvalue weighted by molar-refractivity contribution is 7.18. The van der Waals surface area contributed by atoms with Gasteiger partial charge in [0.25, 0.3) is 5.91 Å². The maximum Gasteiger partial charge on any atom is 0.260 e. The van der Waals surface area contributed by atoms with E-state index in [9.17, 15) is 4.79 Å². The van der Waals surface area contributed by atoms with E-state index in [0.29, 0.717) is 10.6 Å². The van der Waals surface area contributed by atoms with Gasteiger partial charge in [-0.3, -0.25) is 4.79 Å². The van der Waals surface area contributed by atoms with E-state index in [2.05, 4.69) is 0 Å². The Balaban J connectivity index is 2.60. The van der Waals surface area contributed by atoms with Gasteiger partial charge in [-0.05, 0) is 18.1 Å². The molecule has 0 radical (unpaired) electrons. The van der Waals surface area contributed by atoms with Crippen molar-refractivity contribution in [2.75, 3.05) is 5.73 Å². The minimum absolute atomic E-state index is 0.441. The molecule has 1 amide bonds. The minimum Gasteiger partial charge on any atom is -0.397 e. The molecule has 1 aromatic heterocycles. The van der Waals surface area contributed by atoms with Gasteiger partial charge in [0.2, 0.25) is 0 Å². The zero-order chi connectivity index (χ0) is 11.7. The van der Waals surface area contributed by atoms with Gasteiger partial charge in [-0.25, -0.2) is 0 Å². The molecule has 0 bridgehead atoms. The van der Waals surface area contributed by atoms with Crippen molar-refractivity contribution in [3.05, 3.63) is 40.8 Å². The maximum absolute atomic E-state index is 11.2. The third kappa shape index (κ3) is 1.67. The van der Waals surface area contributed by atoms with Crippen LogP contribution >= 0.6 is 11.3 Å². The first-order chi connectivity index (χ1) is 7.61. The van der Waals surface area contributed by atoms with Gasteiger partial charge < -0.3 is 11.5 Å². The molecule has 0 aliphatic carbocycles. The van der Waals surface area contributed by atoms with E-state index in [1.807, 2.05) is 37.3 Å². The number of benzene rings is 1. The van der Waals surface area contributed by atoms with Crippen LogP contribution in [0.5, 0.6) is 0 Å². The number of carbonyl (C=O) groups is 1. The summed E-state index contributed by atoms with van der Waals surface area (Å²) in [5.41, 5.74) is 13.6. The summed E-state index contributed by atoms with van der Waals surface area (Å²) in [6.45, 7) is 1.90. The van der Waals surface area contributed by atoms with Crippen LogP contribution in [0.15, 0.2) is 30.3 Å². The second-order valence-electron chi connectivity index (χ2n) is 3.53. The Labute approximate surface area is 97.7 Å². The lowest BCUT2D eigenvalue weighted by atomic mass is 10.1. The van der Waals surface area contributed by atoms with Gasteiger partial charge in [0, 0.05) is 4.88 Å². The van der Waals surface area contributed by atoms with Crippen LogP contribution in [-0.4, -0.2) is 5.91 Å². The fraction of sp³-hybridized carbons (Fsp3) is 0.0833. The van der Waals surface area contributed by atoms with Crippen LogP contribution in [0.3, 0.4) is 0 Å². The average Bonchev–Trinajstić information content (AvgIpc) is 2.58. The Bertz CT molecular complexity index is 531. The number of primary amides is 1. The van der Waals surface area contributed by atoms with E-state index in [4.69, 9.17) is 11.5 Å². The molecule has 0 unspecified atom stereocenters. The molecule has 0 saturated heterocycles. The van der Waals surface area contributed by atoms with Gasteiger partial charge in [-0.1, -0.05) is 30.3 Å². The first kappa shape index (κ1) is 10.7. The van der Waals surface area contributed by atoms with E-state index >= 15 is 0 Å². The summed E-state index contributed by atoms with van der Waals surface area (Å²) in [4.78, 5) is 12.6. The summed E-state index contributed by atoms with van der Waals surface area (Å²) < 4.78 is 0. The molecule has 0 atom stereocenters. The van der Waals surface area contributed by atoms with Crippen molar-refractivity contribution in [2.45, 2.75) is 6.92 Å². The van der Waals surface area contributed by atoms with Crippen molar-refractivity contribution in [1.29, 1.82) is 0 Å². The maximum atomic E-state index is 11.2. The lowest BCUT2D eigenvalue weighted by molar-refractivity contribution is 0.100. The van der Waals surface area contributed by atoms with Gasteiger partial charge >= 0.3 is 0 Å². The quantitative estimate of drug-likeness (QED) is 0.834. The van der Waals surface area contributed by atoms with Crippen LogP contribution in [-0.2, 0) is 0 Å². The third-order valence-corrected chi connectivity index (χ3v) is 3.82. The van der Waals surface area contributed by atoms with Crippen LogP contribution in [0.25, 0.3) is 10.4 Å². The first-order valence-electron chi connectivity index (χ1n) is 4.85. The second-order valence-corrected chi connectivity index (χ2v) is 4.55. The summed E-state index contributed by atoms with van der Waals surface area (Å²) in [7, 11) is 0. The molecule has 16 heavy (non-hydrogen) atoms. The molecule has 2 aromatic rings. The SMILES string of the molecule is Cc1c(-c2ccccc2)sc(C(N)=O)c1N. The van der Waals surface area contributed by atoms with Crippen molar-refractivity contribution in [1.82, 2.24) is 0 Å². The molecule has 0 aliphatic heterocycles. The lowest BCUT2D eigenvalue weighted by Crippen LogP contribution is -2.10. The Morgan fingerprint density at radius 1 is 1.25 bits per heavy atom. The Kier molecular flexibility index (Phi) is 2.66. The van der Waals surface area contributed by atoms with Crippen LogP contribution in [0.2, 0.25) is 0 Å². The predicted octanol–water partition coefficient (Wildman–Crippen LogP) is 2.40. The highest BCUT2D eigenvalue weighted by atomic mass is 32.1. The summed E-state index contributed by atoms with van der Waals surface area (Å²) in [6.07, 6.45) is 0. The lowest BCUT2D eigenvalue weighted by Gasteiger charge is -1.98. The zero-order valence-electron chi connectivity index (χ0n) is 8.86. The molecule has 82 valence electrons. The van der Waals surface area contributed by atoms with Crippen LogP contribution < -0.4 is 11.5 Å². The predicted molar refractivity (Wildman–Crippen MR) is 67.4 cm³/mol. The zero-order valence-corrected chi connectivity index (χ0v) is 9.67. The normalized spacial score (nSPS) is 10.3. The standard InChI is InChI=1S/C12H12N2OS/c1-7-9(13)11(12(14)15)16-10(7)8-5-3-2-4-6-8/h2-6H,13H2,1H3,(H2,14,15). The van der Waals surface area contributed by atoms with Crippen molar-refractivity contribution >= 4 is 22.9 Å². The smallest absolute Gasteiger partial charge is 0.260 e. The average molecular weight is 232 g/mol. The molecule has 0 saturated carbocycles. The number of nitrogen functional groups attached to an aromatic ring is 1. The van der Waals surface area contributed by atoms with E-state index in [1.54, 1.807) is 0 Å². The van der Waals surface area contributed by atoms with Gasteiger partial charge in [-0.15, -0.1) is 11.3 Å². The summed E-state index contributed by atoms with van der Waals surface area (Å²) >= 11 is 1.35. The molecular weight excluding hydrogens is 220 g/mol. The van der Waals surface area contributed by atoms with Gasteiger partial charge in [0.05, 0.1) is 5.69 Å². The van der Waals surface area contributed by atoms with Crippen LogP contribution in [0, 0.1) is 6.92 Å². The van der Waals surface area contributed by atoms with Gasteiger partial charge in [-0.2, -0.15) is 0 Å². The Hall–Kier alpha value is -1.81. The van der Waals surface area contributed by atoms with Crippen molar-refractivity contribution in [3.8, 4) is 10.4 Å². The summed E-state index contributed by atoms with van der Waals surface area (Å²) in [6, 6.07) is 9.83. The number of anilines is 1. The number of carbonyl (C=O) groups excluding carboxylic acids is 1. The summed E-state index contributed by atoms with van der Waals surface area (Å²) in [5, 5.41) is 0. The van der Waals surface area contributed by atoms with E-state index in [-0.39, 0.29) is 0 Å². The van der Waals surface area contributed by atoms with Crippen molar-refractivity contribution < 1.29 is 4.79 Å². The molecule has 4 N–H and O–H groups in total. The fourth-order valence-electron chi connectivity index (χ4n) is 1.57. The van der Waals surface area contributed by atoms with E-state index in [0.717, 1.165) is 16.0 Å². The molecule has 2 rings (SSSR count). The van der Waals surface area contributed by atoms with Crippen LogP contribution in [0.1, 0.15) is 15.2 Å². The topological polar surface area (TPSA) is 69.1 Å². The highest BCUT2D eigenvalue weighted by Crippen LogP contribution is 2.37. The number of amides is 1. The first-order valence-corrected chi connectivity index (χ1v) is 5.67. The van der Waals surface area contributed by atoms with E-state index in [1.165, 1.54) is 11.3 Å². The number of thiophene rings is 1. The van der Waals surface area contributed by atoms with Gasteiger partial charge in [0.1, 0.15) is 4.88 Å².